The highest BCUT2D eigenvalue weighted by Crippen LogP contribution is 2.27. The maximum Gasteiger partial charge on any atom is 0.338 e. The molecule has 3 aromatic heterocycles. The average molecular weight is 252 g/mol. The van der Waals surface area contributed by atoms with E-state index in [1.165, 1.54) is 0 Å². The second kappa shape index (κ2) is 2.55. The lowest BCUT2D eigenvalue weighted by molar-refractivity contribution is -0.781. The van der Waals surface area contributed by atoms with Crippen LogP contribution in [0.1, 0.15) is 0 Å². The van der Waals surface area contributed by atoms with E-state index < -0.39 is 0 Å². The minimum atomic E-state index is -0.290. The van der Waals surface area contributed by atoms with Gasteiger partial charge < -0.3 is 15.0 Å². The van der Waals surface area contributed by atoms with Crippen LogP contribution in [0, 0.1) is 15.3 Å². The molecule has 0 amide bonds. The number of hydrogen-bond donors (Lipinski definition) is 0. The molecule has 4 rings (SSSR count). The van der Waals surface area contributed by atoms with Crippen LogP contribution in [-0.2, 0) is 0 Å². The second-order valence-electron chi connectivity index (χ2n) is 3.38. The molecule has 3 heterocycles. The Kier molecular flexibility index (Phi) is 1.26. The normalized spacial score (nSPS) is 12.0. The first-order valence-electron chi connectivity index (χ1n) is 4.48. The molecule has 0 fully saturated rings. The van der Waals surface area contributed by atoms with Crippen LogP contribution >= 0.6 is 0 Å². The molecule has 0 N–H and O–H groups in total. The predicted molar refractivity (Wildman–Crippen MR) is 48.2 cm³/mol. The first-order chi connectivity index (χ1) is 8.68. The van der Waals surface area contributed by atoms with Crippen molar-refractivity contribution in [2.24, 2.45) is 0 Å². The van der Waals surface area contributed by atoms with Gasteiger partial charge in [-0.15, -0.1) is 0 Å². The Morgan fingerprint density at radius 2 is 1.78 bits per heavy atom. The zero-order valence-corrected chi connectivity index (χ0v) is 8.13. The number of benzene rings is 1. The Morgan fingerprint density at radius 3 is 2.61 bits per heavy atom. The zero-order valence-electron chi connectivity index (χ0n) is 8.13. The fraction of sp³-hybridized carbons (Fsp3) is 0. The van der Waals surface area contributed by atoms with Crippen LogP contribution in [0.3, 0.4) is 0 Å². The van der Waals surface area contributed by atoms with Crippen molar-refractivity contribution in [3.05, 3.63) is 15.3 Å². The van der Waals surface area contributed by atoms with Crippen LogP contribution in [0.4, 0.5) is 0 Å². The summed E-state index contributed by atoms with van der Waals surface area (Å²) in [5.74, 6) is 0. The van der Waals surface area contributed by atoms with Gasteiger partial charge in [-0.3, -0.25) is 4.63 Å². The Labute approximate surface area is 93.2 Å². The highest BCUT2D eigenvalue weighted by molar-refractivity contribution is 6.15. The van der Waals surface area contributed by atoms with Crippen LogP contribution < -0.4 is 9.50 Å². The van der Waals surface area contributed by atoms with Crippen LogP contribution in [0.25, 0.3) is 33.1 Å². The Hall–Kier alpha value is -3.18. The van der Waals surface area contributed by atoms with Gasteiger partial charge in [-0.1, -0.05) is 0 Å². The summed E-state index contributed by atoms with van der Waals surface area (Å²) in [6.07, 6.45) is 0. The van der Waals surface area contributed by atoms with Gasteiger partial charge in [0.25, 0.3) is 5.52 Å². The van der Waals surface area contributed by atoms with Crippen molar-refractivity contribution in [1.29, 1.82) is 0 Å². The lowest BCUT2D eigenvalue weighted by atomic mass is 10.2. The number of nitrogens with zero attached hydrogens (tertiary/aromatic N) is 6. The largest absolute Gasteiger partial charge is 0.460 e. The van der Waals surface area contributed by atoms with Crippen molar-refractivity contribution in [1.82, 2.24) is 20.4 Å². The van der Waals surface area contributed by atoms with E-state index in [4.69, 9.17) is 0 Å². The third kappa shape index (κ3) is 0.783. The molecule has 0 saturated heterocycles. The summed E-state index contributed by atoms with van der Waals surface area (Å²) in [5, 5.41) is 33.0. The summed E-state index contributed by atoms with van der Waals surface area (Å²) in [5.41, 5.74) is -1.04. The summed E-state index contributed by atoms with van der Waals surface area (Å²) in [4.78, 5) is 11.4. The molecule has 0 aliphatic heterocycles. The highest BCUT2D eigenvalue weighted by Gasteiger charge is 2.33. The smallest absolute Gasteiger partial charge is 0.338 e. The van der Waals surface area contributed by atoms with Crippen LogP contribution in [-0.4, -0.2) is 20.4 Å². The minimum Gasteiger partial charge on any atom is -0.460 e. The van der Waals surface area contributed by atoms with Crippen molar-refractivity contribution < 1.29 is 23.4 Å². The van der Waals surface area contributed by atoms with Crippen molar-refractivity contribution in [2.45, 2.75) is 0 Å². The van der Waals surface area contributed by atoms with Gasteiger partial charge >= 0.3 is 16.6 Å². The SMILES string of the molecule is O=[n+]1onc2c3no[n+]([O-])c3c3non([O-])c3c21. The summed E-state index contributed by atoms with van der Waals surface area (Å²) in [6, 6.07) is 0. The molecule has 12 nitrogen and oxygen atoms in total. The minimum absolute atomic E-state index is 0.00741. The molecular formula is C6N6O6. The van der Waals surface area contributed by atoms with Gasteiger partial charge in [0.15, 0.2) is 20.8 Å². The number of hydrogen-bond acceptors (Lipinski definition) is 9. The fourth-order valence-electron chi connectivity index (χ4n) is 1.81. The van der Waals surface area contributed by atoms with E-state index in [1.54, 1.807) is 0 Å². The molecule has 0 aliphatic rings. The van der Waals surface area contributed by atoms with Crippen molar-refractivity contribution in [3.8, 4) is 0 Å². The summed E-state index contributed by atoms with van der Waals surface area (Å²) in [6.45, 7) is 0. The zero-order chi connectivity index (χ0) is 12.4. The molecular weight excluding hydrogens is 252 g/mol. The Balaban J connectivity index is 2.56. The lowest BCUT2D eigenvalue weighted by Crippen LogP contribution is -2.23. The molecule has 0 saturated carbocycles. The highest BCUT2D eigenvalue weighted by atomic mass is 16.8. The summed E-state index contributed by atoms with van der Waals surface area (Å²) >= 11 is 0. The van der Waals surface area contributed by atoms with Gasteiger partial charge in [0.05, 0.1) is 5.16 Å². The van der Waals surface area contributed by atoms with E-state index in [-0.39, 0.29) is 47.5 Å². The predicted octanol–water partition coefficient (Wildman–Crippen LogP) is -1.19. The van der Waals surface area contributed by atoms with E-state index in [0.717, 1.165) is 0 Å². The third-order valence-corrected chi connectivity index (χ3v) is 2.51. The molecule has 0 spiro atoms. The standard InChI is InChI=1S/C6N6O6/c13-10-4-1(7-16-10)2-5(11(14)17-8-2)6-3(4)9-18-12(6)15. The van der Waals surface area contributed by atoms with Gasteiger partial charge in [0.2, 0.25) is 0 Å². The number of aromatic nitrogens is 6. The molecule has 0 aliphatic carbocycles. The first-order valence-corrected chi connectivity index (χ1v) is 4.48. The second-order valence-corrected chi connectivity index (χ2v) is 3.38. The first kappa shape index (κ1) is 8.91. The van der Waals surface area contributed by atoms with E-state index >= 15 is 0 Å². The average Bonchev–Trinajstić information content (AvgIpc) is 2.99. The van der Waals surface area contributed by atoms with Crippen molar-refractivity contribution in [3.63, 3.8) is 0 Å². The molecule has 0 atom stereocenters. The molecule has 0 unspecified atom stereocenters. The van der Waals surface area contributed by atoms with Gasteiger partial charge in [-0.05, 0) is 14.4 Å². The fourth-order valence-corrected chi connectivity index (χ4v) is 1.81. The van der Waals surface area contributed by atoms with Crippen molar-refractivity contribution in [2.75, 3.05) is 0 Å². The van der Waals surface area contributed by atoms with E-state index in [9.17, 15) is 15.3 Å². The molecule has 4 aromatic rings. The summed E-state index contributed by atoms with van der Waals surface area (Å²) in [7, 11) is 0. The van der Waals surface area contributed by atoms with E-state index in [2.05, 4.69) is 29.4 Å². The Bertz CT molecular complexity index is 973. The van der Waals surface area contributed by atoms with Gasteiger partial charge in [0, 0.05) is 0 Å². The van der Waals surface area contributed by atoms with Gasteiger partial charge in [-0.25, -0.2) is 0 Å². The maximum absolute atomic E-state index is 11.4. The molecule has 12 heteroatoms. The van der Waals surface area contributed by atoms with Gasteiger partial charge in [0.1, 0.15) is 0 Å². The third-order valence-electron chi connectivity index (χ3n) is 2.51. The van der Waals surface area contributed by atoms with Crippen molar-refractivity contribution >= 4 is 33.1 Å². The quantitative estimate of drug-likeness (QED) is 0.350. The lowest BCUT2D eigenvalue weighted by Gasteiger charge is -1.93. The molecule has 18 heavy (non-hydrogen) atoms. The Morgan fingerprint density at radius 1 is 1.06 bits per heavy atom. The van der Waals surface area contributed by atoms with Crippen LogP contribution in [0.15, 0.2) is 13.9 Å². The molecule has 0 radical (unpaired) electrons. The summed E-state index contributed by atoms with van der Waals surface area (Å²) < 4.78 is 13.1. The van der Waals surface area contributed by atoms with E-state index in [1.807, 2.05) is 0 Å². The number of rotatable bonds is 0. The van der Waals surface area contributed by atoms with E-state index in [0.29, 0.717) is 0 Å². The van der Waals surface area contributed by atoms with Crippen LogP contribution in [0.5, 0.6) is 0 Å². The van der Waals surface area contributed by atoms with Crippen LogP contribution in [0.2, 0.25) is 0 Å². The number of fused-ring (bicyclic) bond motifs is 6. The molecule has 90 valence electrons. The monoisotopic (exact) mass is 252 g/mol. The maximum atomic E-state index is 11.4. The topological polar surface area (TPSA) is 156 Å². The van der Waals surface area contributed by atoms with Gasteiger partial charge in [-0.2, -0.15) is 10.1 Å². The molecule has 0 bridgehead atoms. The molecule has 1 aromatic carbocycles.